The molecule has 1 saturated carbocycles. The van der Waals surface area contributed by atoms with Crippen LogP contribution in [0.15, 0.2) is 24.3 Å². The number of hydrogen-bond donors (Lipinski definition) is 0. The molecule has 18 heavy (non-hydrogen) atoms. The van der Waals surface area contributed by atoms with Crippen LogP contribution < -0.4 is 0 Å². The largest absolute Gasteiger partial charge is 0.300 e. The first-order valence-electron chi connectivity index (χ1n) is 6.42. The normalized spacial score (nSPS) is 28.7. The lowest BCUT2D eigenvalue weighted by Crippen LogP contribution is -2.47. The van der Waals surface area contributed by atoms with E-state index in [4.69, 9.17) is 11.6 Å². The molecule has 3 heteroatoms. The molecule has 0 heterocycles. The Balaban J connectivity index is 2.39. The standard InChI is InChI=1S/C15H20ClNO/c1-11-10-15(17(2)3,9-8-14(11)18)12-4-6-13(16)7-5-12/h4-7,11H,8-10H2,1-3H3/t11-,15+/m1/s1. The summed E-state index contributed by atoms with van der Waals surface area (Å²) in [6.45, 7) is 2.04. The highest BCUT2D eigenvalue weighted by Gasteiger charge is 2.41. The van der Waals surface area contributed by atoms with Crippen molar-refractivity contribution in [1.82, 2.24) is 4.90 Å². The van der Waals surface area contributed by atoms with Crippen LogP contribution in [-0.2, 0) is 10.3 Å². The van der Waals surface area contributed by atoms with Gasteiger partial charge in [-0.15, -0.1) is 0 Å². The predicted octanol–water partition coefficient (Wildman–Crippen LogP) is 3.49. The summed E-state index contributed by atoms with van der Waals surface area (Å²) in [6, 6.07) is 8.04. The number of nitrogens with zero attached hydrogens (tertiary/aromatic N) is 1. The third kappa shape index (κ3) is 2.32. The molecule has 0 unspecified atom stereocenters. The molecule has 2 rings (SSSR count). The van der Waals surface area contributed by atoms with Crippen molar-refractivity contribution >= 4 is 17.4 Å². The van der Waals surface area contributed by atoms with E-state index in [-0.39, 0.29) is 11.5 Å². The molecular weight excluding hydrogens is 246 g/mol. The van der Waals surface area contributed by atoms with E-state index in [1.54, 1.807) is 0 Å². The van der Waals surface area contributed by atoms with Gasteiger partial charge in [0.2, 0.25) is 0 Å². The molecule has 1 fully saturated rings. The van der Waals surface area contributed by atoms with Crippen molar-refractivity contribution in [2.24, 2.45) is 5.92 Å². The molecule has 98 valence electrons. The van der Waals surface area contributed by atoms with Gasteiger partial charge in [-0.3, -0.25) is 9.69 Å². The lowest BCUT2D eigenvalue weighted by Gasteiger charge is -2.45. The lowest BCUT2D eigenvalue weighted by atomic mass is 9.71. The minimum atomic E-state index is -0.0298. The fourth-order valence-electron chi connectivity index (χ4n) is 2.99. The first-order valence-corrected chi connectivity index (χ1v) is 6.80. The average molecular weight is 266 g/mol. The maximum absolute atomic E-state index is 11.8. The number of carbonyl (C=O) groups excluding carboxylic acids is 1. The van der Waals surface area contributed by atoms with Crippen LogP contribution in [0.1, 0.15) is 31.7 Å². The maximum Gasteiger partial charge on any atom is 0.135 e. The molecule has 1 aromatic rings. The van der Waals surface area contributed by atoms with Crippen LogP contribution in [0.25, 0.3) is 0 Å². The Morgan fingerprint density at radius 3 is 2.39 bits per heavy atom. The number of ketones is 1. The third-order valence-electron chi connectivity index (χ3n) is 4.22. The van der Waals surface area contributed by atoms with Crippen molar-refractivity contribution < 1.29 is 4.79 Å². The van der Waals surface area contributed by atoms with Gasteiger partial charge in [0.1, 0.15) is 5.78 Å². The summed E-state index contributed by atoms with van der Waals surface area (Å²) >= 11 is 5.96. The van der Waals surface area contributed by atoms with E-state index in [0.717, 1.165) is 17.9 Å². The summed E-state index contributed by atoms with van der Waals surface area (Å²) in [6.07, 6.45) is 2.45. The Morgan fingerprint density at radius 2 is 1.89 bits per heavy atom. The zero-order chi connectivity index (χ0) is 13.3. The summed E-state index contributed by atoms with van der Waals surface area (Å²) in [7, 11) is 4.19. The first-order chi connectivity index (χ1) is 8.45. The van der Waals surface area contributed by atoms with E-state index in [0.29, 0.717) is 12.2 Å². The second kappa shape index (κ2) is 5.02. The van der Waals surface area contributed by atoms with Gasteiger partial charge < -0.3 is 0 Å². The highest BCUT2D eigenvalue weighted by molar-refractivity contribution is 6.30. The van der Waals surface area contributed by atoms with Crippen molar-refractivity contribution in [3.8, 4) is 0 Å². The number of rotatable bonds is 2. The Morgan fingerprint density at radius 1 is 1.28 bits per heavy atom. The molecule has 0 amide bonds. The number of Topliss-reactive ketones (excluding diaryl/α,β-unsaturated/α-hetero) is 1. The Bertz CT molecular complexity index is 440. The van der Waals surface area contributed by atoms with E-state index >= 15 is 0 Å². The monoisotopic (exact) mass is 265 g/mol. The Hall–Kier alpha value is -0.860. The molecule has 1 aromatic carbocycles. The van der Waals surface area contributed by atoms with Gasteiger partial charge in [-0.05, 0) is 44.6 Å². The molecule has 2 nitrogen and oxygen atoms in total. The molecule has 0 bridgehead atoms. The molecule has 0 aromatic heterocycles. The van der Waals surface area contributed by atoms with Gasteiger partial charge in [-0.2, -0.15) is 0 Å². The molecule has 0 aliphatic heterocycles. The second-order valence-corrected chi connectivity index (χ2v) is 5.94. The van der Waals surface area contributed by atoms with Crippen LogP contribution in [0.5, 0.6) is 0 Å². The highest BCUT2D eigenvalue weighted by Crippen LogP contribution is 2.42. The second-order valence-electron chi connectivity index (χ2n) is 5.50. The molecule has 2 atom stereocenters. The van der Waals surface area contributed by atoms with Gasteiger partial charge in [-0.1, -0.05) is 30.7 Å². The molecule has 1 aliphatic rings. The van der Waals surface area contributed by atoms with Crippen LogP contribution in [-0.4, -0.2) is 24.8 Å². The van der Waals surface area contributed by atoms with Gasteiger partial charge >= 0.3 is 0 Å². The highest BCUT2D eigenvalue weighted by atomic mass is 35.5. The Kier molecular flexibility index (Phi) is 3.79. The van der Waals surface area contributed by atoms with Crippen molar-refractivity contribution in [2.45, 2.75) is 31.7 Å². The summed E-state index contributed by atoms with van der Waals surface area (Å²) in [5.41, 5.74) is 1.23. The zero-order valence-electron chi connectivity index (χ0n) is 11.2. The first kappa shape index (κ1) is 13.6. The zero-order valence-corrected chi connectivity index (χ0v) is 12.0. The molecule has 0 saturated heterocycles. The van der Waals surface area contributed by atoms with Crippen LogP contribution in [0, 0.1) is 5.92 Å². The predicted molar refractivity (Wildman–Crippen MR) is 74.8 cm³/mol. The minimum Gasteiger partial charge on any atom is -0.300 e. The summed E-state index contributed by atoms with van der Waals surface area (Å²) < 4.78 is 0. The van der Waals surface area contributed by atoms with Gasteiger partial charge in [0.05, 0.1) is 0 Å². The summed E-state index contributed by atoms with van der Waals surface area (Å²) in [5, 5.41) is 0.757. The van der Waals surface area contributed by atoms with Crippen LogP contribution in [0.3, 0.4) is 0 Å². The van der Waals surface area contributed by atoms with Gasteiger partial charge in [0.25, 0.3) is 0 Å². The number of hydrogen-bond acceptors (Lipinski definition) is 2. The summed E-state index contributed by atoms with van der Waals surface area (Å²) in [5.74, 6) is 0.526. The van der Waals surface area contributed by atoms with E-state index in [1.807, 2.05) is 19.1 Å². The smallest absolute Gasteiger partial charge is 0.135 e. The van der Waals surface area contributed by atoms with Gasteiger partial charge in [-0.25, -0.2) is 0 Å². The molecule has 1 aliphatic carbocycles. The number of benzene rings is 1. The van der Waals surface area contributed by atoms with Crippen molar-refractivity contribution in [3.63, 3.8) is 0 Å². The van der Waals surface area contributed by atoms with Crippen LogP contribution >= 0.6 is 11.6 Å². The quantitative estimate of drug-likeness (QED) is 0.816. The van der Waals surface area contributed by atoms with E-state index in [2.05, 4.69) is 31.1 Å². The third-order valence-corrected chi connectivity index (χ3v) is 4.47. The Labute approximate surface area is 114 Å². The molecule has 0 radical (unpaired) electrons. The van der Waals surface area contributed by atoms with E-state index < -0.39 is 0 Å². The minimum absolute atomic E-state index is 0.0298. The average Bonchev–Trinajstić information content (AvgIpc) is 2.33. The SMILES string of the molecule is C[C@@H]1C[C@@](c2ccc(Cl)cc2)(N(C)C)CCC1=O. The van der Waals surface area contributed by atoms with Crippen molar-refractivity contribution in [1.29, 1.82) is 0 Å². The topological polar surface area (TPSA) is 20.3 Å². The maximum atomic E-state index is 11.8. The van der Waals surface area contributed by atoms with Crippen molar-refractivity contribution in [2.75, 3.05) is 14.1 Å². The fourth-order valence-corrected chi connectivity index (χ4v) is 3.11. The molecule has 0 spiro atoms. The van der Waals surface area contributed by atoms with Gasteiger partial charge in [0, 0.05) is 22.9 Å². The van der Waals surface area contributed by atoms with Crippen LogP contribution in [0.2, 0.25) is 5.02 Å². The van der Waals surface area contributed by atoms with Crippen molar-refractivity contribution in [3.05, 3.63) is 34.9 Å². The fraction of sp³-hybridized carbons (Fsp3) is 0.533. The van der Waals surface area contributed by atoms with E-state index in [1.165, 1.54) is 5.56 Å². The summed E-state index contributed by atoms with van der Waals surface area (Å²) in [4.78, 5) is 14.0. The molecular formula is C15H20ClNO. The number of carbonyl (C=O) groups is 1. The van der Waals surface area contributed by atoms with Gasteiger partial charge in [0.15, 0.2) is 0 Å². The van der Waals surface area contributed by atoms with Crippen LogP contribution in [0.4, 0.5) is 0 Å². The molecule has 0 N–H and O–H groups in total. The van der Waals surface area contributed by atoms with E-state index in [9.17, 15) is 4.79 Å². The number of halogens is 1. The lowest BCUT2D eigenvalue weighted by molar-refractivity contribution is -0.127.